The van der Waals surface area contributed by atoms with E-state index in [0.29, 0.717) is 6.54 Å². The van der Waals surface area contributed by atoms with Crippen molar-refractivity contribution in [2.75, 3.05) is 11.6 Å². The Morgan fingerprint density at radius 2 is 2.08 bits per heavy atom. The van der Waals surface area contributed by atoms with E-state index >= 15 is 0 Å². The molecule has 0 saturated heterocycles. The molecule has 0 spiro atoms. The first kappa shape index (κ1) is 9.20. The minimum absolute atomic E-state index is 0.219. The molecule has 0 aromatic heterocycles. The molecule has 4 nitrogen and oxygen atoms in total. The minimum Gasteiger partial charge on any atom is -0.508 e. The van der Waals surface area contributed by atoms with Crippen molar-refractivity contribution in [2.24, 2.45) is 0 Å². The number of anilines is 1. The Morgan fingerprint density at radius 1 is 1.46 bits per heavy atom. The lowest BCUT2D eigenvalue weighted by Crippen LogP contribution is -2.34. The van der Waals surface area contributed by atoms with E-state index in [2.05, 4.69) is 5.43 Å². The first-order valence-electron chi connectivity index (χ1n) is 3.99. The topological polar surface area (TPSA) is 59.3 Å². The van der Waals surface area contributed by atoms with Gasteiger partial charge in [-0.25, -0.2) is 5.43 Å². The second kappa shape index (κ2) is 4.21. The zero-order valence-corrected chi connectivity index (χ0v) is 7.36. The van der Waals surface area contributed by atoms with Crippen LogP contribution in [-0.2, 0) is 0 Å². The predicted octanol–water partition coefficient (Wildman–Crippen LogP) is 1.20. The van der Waals surface area contributed by atoms with Crippen molar-refractivity contribution in [3.05, 3.63) is 24.3 Å². The molecule has 0 aliphatic rings. The summed E-state index contributed by atoms with van der Waals surface area (Å²) in [6.07, 6.45) is 1.85. The lowest BCUT2D eigenvalue weighted by molar-refractivity contribution is 0.475. The monoisotopic (exact) mass is 177 g/mol. The summed E-state index contributed by atoms with van der Waals surface area (Å²) in [6.45, 7) is 2.61. The van der Waals surface area contributed by atoms with Crippen LogP contribution in [0, 0.1) is 11.5 Å². The summed E-state index contributed by atoms with van der Waals surface area (Å²) in [5.74, 6) is 0.219. The molecule has 0 saturated carbocycles. The Balaban J connectivity index is 2.80. The zero-order chi connectivity index (χ0) is 9.68. The molecular formula is C9H11N3O. The maximum absolute atomic E-state index is 9.04. The summed E-state index contributed by atoms with van der Waals surface area (Å²) in [7, 11) is 0. The van der Waals surface area contributed by atoms with Crippen LogP contribution in [-0.4, -0.2) is 11.7 Å². The van der Waals surface area contributed by atoms with E-state index in [4.69, 9.17) is 10.4 Å². The number of nitrogens with zero attached hydrogens (tertiary/aromatic N) is 2. The zero-order valence-electron chi connectivity index (χ0n) is 7.36. The van der Waals surface area contributed by atoms with Crippen LogP contribution in [0.25, 0.3) is 0 Å². The first-order valence-corrected chi connectivity index (χ1v) is 3.99. The largest absolute Gasteiger partial charge is 0.508 e. The highest BCUT2D eigenvalue weighted by atomic mass is 16.3. The summed E-state index contributed by atoms with van der Waals surface area (Å²) in [5.41, 5.74) is 3.37. The van der Waals surface area contributed by atoms with Crippen LogP contribution in [0.1, 0.15) is 6.92 Å². The maximum Gasteiger partial charge on any atom is 0.197 e. The molecule has 0 radical (unpaired) electrons. The molecule has 68 valence electrons. The quantitative estimate of drug-likeness (QED) is 0.414. The molecular weight excluding hydrogens is 166 g/mol. The Bertz CT molecular complexity index is 302. The van der Waals surface area contributed by atoms with Crippen LogP contribution >= 0.6 is 0 Å². The Hall–Kier alpha value is -1.89. The van der Waals surface area contributed by atoms with Crippen LogP contribution in [0.3, 0.4) is 0 Å². The average molecular weight is 177 g/mol. The van der Waals surface area contributed by atoms with Gasteiger partial charge in [-0.1, -0.05) is 0 Å². The van der Waals surface area contributed by atoms with Crippen molar-refractivity contribution in [1.82, 2.24) is 5.43 Å². The van der Waals surface area contributed by atoms with Crippen LogP contribution in [0.4, 0.5) is 5.69 Å². The summed E-state index contributed by atoms with van der Waals surface area (Å²) in [5, 5.41) is 19.1. The predicted molar refractivity (Wildman–Crippen MR) is 49.9 cm³/mol. The molecule has 1 aromatic rings. The third-order valence-corrected chi connectivity index (χ3v) is 1.66. The normalized spacial score (nSPS) is 8.92. The fraction of sp³-hybridized carbons (Fsp3) is 0.222. The number of hydrogen-bond acceptors (Lipinski definition) is 4. The van der Waals surface area contributed by atoms with Gasteiger partial charge in [0.2, 0.25) is 0 Å². The van der Waals surface area contributed by atoms with E-state index in [1.54, 1.807) is 29.3 Å². The number of hydrogen-bond donors (Lipinski definition) is 2. The number of hydrazine groups is 1. The van der Waals surface area contributed by atoms with Crippen molar-refractivity contribution in [3.63, 3.8) is 0 Å². The Morgan fingerprint density at radius 3 is 2.54 bits per heavy atom. The summed E-state index contributed by atoms with van der Waals surface area (Å²) < 4.78 is 0. The van der Waals surface area contributed by atoms with Gasteiger partial charge in [-0.2, -0.15) is 5.26 Å². The summed E-state index contributed by atoms with van der Waals surface area (Å²) in [6, 6.07) is 6.64. The van der Waals surface area contributed by atoms with Crippen LogP contribution in [0.5, 0.6) is 5.75 Å². The van der Waals surface area contributed by atoms with Crippen LogP contribution < -0.4 is 10.4 Å². The van der Waals surface area contributed by atoms with Gasteiger partial charge in [0.05, 0.1) is 5.69 Å². The van der Waals surface area contributed by atoms with E-state index in [-0.39, 0.29) is 5.75 Å². The minimum atomic E-state index is 0.219. The second-order valence-corrected chi connectivity index (χ2v) is 2.48. The van der Waals surface area contributed by atoms with E-state index < -0.39 is 0 Å². The maximum atomic E-state index is 9.04. The number of aromatic hydroxyl groups is 1. The van der Waals surface area contributed by atoms with Gasteiger partial charge in [-0.15, -0.1) is 0 Å². The molecule has 0 atom stereocenters. The molecule has 0 unspecified atom stereocenters. The third kappa shape index (κ3) is 2.27. The number of benzene rings is 1. The second-order valence-electron chi connectivity index (χ2n) is 2.48. The van der Waals surface area contributed by atoms with Gasteiger partial charge in [0, 0.05) is 6.54 Å². The molecule has 0 aliphatic carbocycles. The number of nitrogens with one attached hydrogen (secondary N) is 1. The lowest BCUT2D eigenvalue weighted by atomic mass is 10.3. The molecule has 0 heterocycles. The molecule has 1 aromatic carbocycles. The van der Waals surface area contributed by atoms with Gasteiger partial charge in [0.15, 0.2) is 6.19 Å². The van der Waals surface area contributed by atoms with E-state index in [9.17, 15) is 0 Å². The van der Waals surface area contributed by atoms with Crippen molar-refractivity contribution in [1.29, 1.82) is 5.26 Å². The van der Waals surface area contributed by atoms with Gasteiger partial charge in [0.25, 0.3) is 0 Å². The smallest absolute Gasteiger partial charge is 0.197 e. The van der Waals surface area contributed by atoms with E-state index in [1.165, 1.54) is 0 Å². The van der Waals surface area contributed by atoms with Crippen molar-refractivity contribution in [3.8, 4) is 11.9 Å². The average Bonchev–Trinajstić information content (AvgIpc) is 2.16. The lowest BCUT2D eigenvalue weighted by Gasteiger charge is -2.19. The number of nitriles is 1. The van der Waals surface area contributed by atoms with Crippen LogP contribution in [0.2, 0.25) is 0 Å². The van der Waals surface area contributed by atoms with E-state index in [1.807, 2.05) is 13.1 Å². The summed E-state index contributed by atoms with van der Waals surface area (Å²) in [4.78, 5) is 0. The Kier molecular flexibility index (Phi) is 2.98. The van der Waals surface area contributed by atoms with Crippen molar-refractivity contribution >= 4 is 5.69 Å². The molecule has 13 heavy (non-hydrogen) atoms. The molecule has 4 heteroatoms. The van der Waals surface area contributed by atoms with Crippen molar-refractivity contribution in [2.45, 2.75) is 6.92 Å². The van der Waals surface area contributed by atoms with E-state index in [0.717, 1.165) is 5.69 Å². The van der Waals surface area contributed by atoms with Gasteiger partial charge < -0.3 is 5.11 Å². The SMILES string of the molecule is CCN(NC#N)c1ccc(O)cc1. The molecule has 0 aliphatic heterocycles. The van der Waals surface area contributed by atoms with Gasteiger partial charge in [-0.3, -0.25) is 5.01 Å². The highest BCUT2D eigenvalue weighted by molar-refractivity contribution is 5.47. The van der Waals surface area contributed by atoms with Crippen LogP contribution in [0.15, 0.2) is 24.3 Å². The third-order valence-electron chi connectivity index (χ3n) is 1.66. The standard InChI is InChI=1S/C9H11N3O/c1-2-12(11-7-10)8-3-5-9(13)6-4-8/h3-6,11,13H,2H2,1H3. The molecule has 1 rings (SSSR count). The molecule has 0 fully saturated rings. The number of phenolic OH excluding ortho intramolecular Hbond substituents is 1. The molecule has 2 N–H and O–H groups in total. The van der Waals surface area contributed by atoms with Gasteiger partial charge >= 0.3 is 0 Å². The fourth-order valence-electron chi connectivity index (χ4n) is 1.02. The fourth-order valence-corrected chi connectivity index (χ4v) is 1.02. The number of phenols is 1. The molecule has 0 amide bonds. The molecule has 0 bridgehead atoms. The summed E-state index contributed by atoms with van der Waals surface area (Å²) >= 11 is 0. The number of rotatable bonds is 3. The van der Waals surface area contributed by atoms with Crippen molar-refractivity contribution < 1.29 is 5.11 Å². The van der Waals surface area contributed by atoms with Gasteiger partial charge in [-0.05, 0) is 31.2 Å². The first-order chi connectivity index (χ1) is 6.27. The van der Waals surface area contributed by atoms with Gasteiger partial charge in [0.1, 0.15) is 5.75 Å². The Labute approximate surface area is 77.0 Å². The highest BCUT2D eigenvalue weighted by Crippen LogP contribution is 2.16. The highest BCUT2D eigenvalue weighted by Gasteiger charge is 2.01.